The van der Waals surface area contributed by atoms with Gasteiger partial charge in [-0.25, -0.2) is 14.2 Å². The fourth-order valence-electron chi connectivity index (χ4n) is 4.93. The van der Waals surface area contributed by atoms with E-state index in [2.05, 4.69) is 12.1 Å². The Hall–Kier alpha value is -4.29. The molecule has 2 aromatic heterocycles. The van der Waals surface area contributed by atoms with Crippen molar-refractivity contribution in [1.29, 1.82) is 0 Å². The molecule has 0 bridgehead atoms. The van der Waals surface area contributed by atoms with E-state index in [0.29, 0.717) is 0 Å². The summed E-state index contributed by atoms with van der Waals surface area (Å²) in [7, 11) is 1.38. The van der Waals surface area contributed by atoms with E-state index in [9.17, 15) is 9.18 Å². The second kappa shape index (κ2) is 10.7. The highest BCUT2D eigenvalue weighted by atomic mass is 19.1. The van der Waals surface area contributed by atoms with Gasteiger partial charge < -0.3 is 9.47 Å². The van der Waals surface area contributed by atoms with Gasteiger partial charge in [0.2, 0.25) is 0 Å². The predicted molar refractivity (Wildman–Crippen MR) is 157 cm³/mol. The summed E-state index contributed by atoms with van der Waals surface area (Å²) in [5, 5.41) is 0. The topological polar surface area (TPSA) is 52.8 Å². The van der Waals surface area contributed by atoms with Crippen LogP contribution in [0.3, 0.4) is 0 Å². The molecule has 1 unspecified atom stereocenters. The fraction of sp³-hybridized carbons (Fsp3) is 0.235. The highest BCUT2D eigenvalue weighted by Gasteiger charge is 2.33. The lowest BCUT2D eigenvalue weighted by Gasteiger charge is -2.29. The van der Waals surface area contributed by atoms with Gasteiger partial charge in [0.15, 0.2) is 6.10 Å². The van der Waals surface area contributed by atoms with Crippen LogP contribution in [0.2, 0.25) is 0 Å². The van der Waals surface area contributed by atoms with Crippen LogP contribution < -0.4 is 0 Å². The molecule has 5 aromatic rings. The predicted octanol–water partition coefficient (Wildman–Crippen LogP) is 8.12. The zero-order chi connectivity index (χ0) is 28.6. The number of rotatable bonds is 6. The first kappa shape index (κ1) is 27.3. The molecular weight excluding hydrogens is 503 g/mol. The molecule has 0 aliphatic rings. The molecule has 0 amide bonds. The maximum Gasteiger partial charge on any atom is 0.339 e. The lowest BCUT2D eigenvalue weighted by Crippen LogP contribution is -2.29. The number of aryl methyl sites for hydroxylation is 2. The van der Waals surface area contributed by atoms with E-state index >= 15 is 0 Å². The number of esters is 1. The number of carbonyl (C=O) groups is 1. The smallest absolute Gasteiger partial charge is 0.339 e. The zero-order valence-corrected chi connectivity index (χ0v) is 23.7. The van der Waals surface area contributed by atoms with Crippen LogP contribution in [0.15, 0.2) is 85.1 Å². The zero-order valence-electron chi connectivity index (χ0n) is 23.7. The summed E-state index contributed by atoms with van der Waals surface area (Å²) < 4.78 is 27.1. The van der Waals surface area contributed by atoms with Crippen LogP contribution in [0, 0.1) is 19.7 Å². The second-order valence-corrected chi connectivity index (χ2v) is 11.0. The molecule has 40 heavy (non-hydrogen) atoms. The molecule has 0 aliphatic carbocycles. The van der Waals surface area contributed by atoms with Crippen LogP contribution >= 0.6 is 0 Å². The van der Waals surface area contributed by atoms with Gasteiger partial charge >= 0.3 is 5.97 Å². The average molecular weight is 537 g/mol. The Kier molecular flexibility index (Phi) is 7.30. The van der Waals surface area contributed by atoms with Gasteiger partial charge in [0.1, 0.15) is 11.5 Å². The summed E-state index contributed by atoms with van der Waals surface area (Å²) >= 11 is 0. The normalized spacial score (nSPS) is 12.5. The number of ether oxygens (including phenoxy) is 2. The van der Waals surface area contributed by atoms with Gasteiger partial charge in [0.05, 0.1) is 24.1 Å². The van der Waals surface area contributed by atoms with E-state index in [1.165, 1.54) is 19.2 Å². The van der Waals surface area contributed by atoms with Gasteiger partial charge in [-0.15, -0.1) is 0 Å². The van der Waals surface area contributed by atoms with Crippen molar-refractivity contribution in [1.82, 2.24) is 9.38 Å². The van der Waals surface area contributed by atoms with E-state index in [1.54, 1.807) is 12.1 Å². The van der Waals surface area contributed by atoms with Crippen LogP contribution in [-0.4, -0.2) is 28.1 Å². The van der Waals surface area contributed by atoms with Gasteiger partial charge in [-0.05, 0) is 81.1 Å². The molecule has 0 N–H and O–H groups in total. The number of benzene rings is 3. The molecule has 3 aromatic carbocycles. The van der Waals surface area contributed by atoms with Crippen LogP contribution in [0.5, 0.6) is 0 Å². The summed E-state index contributed by atoms with van der Waals surface area (Å²) in [5.74, 6) is -0.728. The molecule has 204 valence electrons. The first-order valence-corrected chi connectivity index (χ1v) is 13.3. The van der Waals surface area contributed by atoms with Gasteiger partial charge in [-0.1, -0.05) is 60.2 Å². The maximum atomic E-state index is 13.5. The third kappa shape index (κ3) is 5.54. The Morgan fingerprint density at radius 3 is 2.17 bits per heavy atom. The molecule has 0 saturated heterocycles. The molecule has 0 radical (unpaired) electrons. The molecule has 2 heterocycles. The van der Waals surface area contributed by atoms with Crippen molar-refractivity contribution in [3.63, 3.8) is 0 Å². The van der Waals surface area contributed by atoms with Crippen molar-refractivity contribution in [2.75, 3.05) is 7.11 Å². The first-order valence-electron chi connectivity index (χ1n) is 13.3. The standard InChI is InChI=1S/C34H33FN2O3/c1-21-10-12-24(13-11-21)31-30(32(33(38)39-6)40-34(3,4)5)22(2)18-29-36-28(20-37(29)31)26-9-7-8-25(19-26)23-14-16-27(35)17-15-23/h7-20,32H,1-6H3. The Bertz CT molecular complexity index is 1680. The van der Waals surface area contributed by atoms with Gasteiger partial charge in [0.25, 0.3) is 0 Å². The number of aromatic nitrogens is 2. The van der Waals surface area contributed by atoms with E-state index in [0.717, 1.165) is 56.0 Å². The third-order valence-corrected chi connectivity index (χ3v) is 6.81. The highest BCUT2D eigenvalue weighted by molar-refractivity contribution is 5.83. The number of nitrogens with zero attached hydrogens (tertiary/aromatic N) is 2. The number of halogens is 1. The van der Waals surface area contributed by atoms with E-state index < -0.39 is 17.7 Å². The number of hydrogen-bond acceptors (Lipinski definition) is 4. The molecule has 6 heteroatoms. The molecule has 1 atom stereocenters. The SMILES string of the molecule is COC(=O)C(OC(C)(C)C)c1c(C)cc2nc(-c3cccc(-c4ccc(F)cc4)c3)cn2c1-c1ccc(C)cc1. The Balaban J connectivity index is 1.73. The van der Waals surface area contributed by atoms with Crippen LogP contribution in [0.1, 0.15) is 43.6 Å². The monoisotopic (exact) mass is 536 g/mol. The summed E-state index contributed by atoms with van der Waals surface area (Å²) in [5.41, 5.74) is 8.25. The minimum atomic E-state index is -0.932. The van der Waals surface area contributed by atoms with E-state index in [1.807, 2.05) is 87.7 Å². The highest BCUT2D eigenvalue weighted by Crippen LogP contribution is 2.38. The summed E-state index contributed by atoms with van der Waals surface area (Å²) in [6.07, 6.45) is 1.06. The van der Waals surface area contributed by atoms with Crippen molar-refractivity contribution in [3.05, 3.63) is 108 Å². The van der Waals surface area contributed by atoms with Crippen LogP contribution in [0.25, 0.3) is 39.3 Å². The van der Waals surface area contributed by atoms with Crippen molar-refractivity contribution in [2.24, 2.45) is 0 Å². The molecule has 0 aliphatic heterocycles. The van der Waals surface area contributed by atoms with Crippen molar-refractivity contribution < 1.29 is 18.7 Å². The molecule has 5 nitrogen and oxygen atoms in total. The maximum absolute atomic E-state index is 13.5. The third-order valence-electron chi connectivity index (χ3n) is 6.81. The summed E-state index contributed by atoms with van der Waals surface area (Å²) in [4.78, 5) is 18.1. The number of methoxy groups -OCH3 is 1. The van der Waals surface area contributed by atoms with Gasteiger partial charge in [0, 0.05) is 17.3 Å². The van der Waals surface area contributed by atoms with Crippen LogP contribution in [0.4, 0.5) is 4.39 Å². The average Bonchev–Trinajstić information content (AvgIpc) is 3.35. The summed E-state index contributed by atoms with van der Waals surface area (Å²) in [6, 6.07) is 24.7. The minimum absolute atomic E-state index is 0.268. The number of carbonyl (C=O) groups excluding carboxylic acids is 1. The fourth-order valence-corrected chi connectivity index (χ4v) is 4.93. The van der Waals surface area contributed by atoms with Gasteiger partial charge in [-0.3, -0.25) is 4.40 Å². The number of fused-ring (bicyclic) bond motifs is 1. The largest absolute Gasteiger partial charge is 0.467 e. The van der Waals surface area contributed by atoms with Crippen molar-refractivity contribution in [2.45, 2.75) is 46.3 Å². The Labute approximate surface area is 234 Å². The number of hydrogen-bond donors (Lipinski definition) is 0. The molecular formula is C34H33FN2O3. The van der Waals surface area contributed by atoms with E-state index in [4.69, 9.17) is 14.5 Å². The Morgan fingerprint density at radius 2 is 1.52 bits per heavy atom. The molecule has 0 spiro atoms. The van der Waals surface area contributed by atoms with Crippen LogP contribution in [-0.2, 0) is 14.3 Å². The number of pyridine rings is 1. The lowest BCUT2D eigenvalue weighted by atomic mass is 9.95. The van der Waals surface area contributed by atoms with Crippen molar-refractivity contribution >= 4 is 11.6 Å². The molecule has 0 saturated carbocycles. The van der Waals surface area contributed by atoms with E-state index in [-0.39, 0.29) is 5.82 Å². The van der Waals surface area contributed by atoms with Crippen molar-refractivity contribution in [3.8, 4) is 33.6 Å². The lowest BCUT2D eigenvalue weighted by molar-refractivity contribution is -0.164. The minimum Gasteiger partial charge on any atom is -0.467 e. The Morgan fingerprint density at radius 1 is 0.875 bits per heavy atom. The quantitative estimate of drug-likeness (QED) is 0.206. The molecule has 5 rings (SSSR count). The first-order chi connectivity index (χ1) is 19.0. The summed E-state index contributed by atoms with van der Waals surface area (Å²) in [6.45, 7) is 9.78. The molecule has 0 fully saturated rings. The number of imidazole rings is 1. The second-order valence-electron chi connectivity index (χ2n) is 11.0. The van der Waals surface area contributed by atoms with Gasteiger partial charge in [-0.2, -0.15) is 0 Å².